The molecule has 2 aromatic heterocycles. The van der Waals surface area contributed by atoms with E-state index in [1.54, 1.807) is 0 Å². The molecule has 4 rings (SSSR count). The zero-order valence-corrected chi connectivity index (χ0v) is 16.4. The van der Waals surface area contributed by atoms with Gasteiger partial charge in [0.1, 0.15) is 0 Å². The van der Waals surface area contributed by atoms with Gasteiger partial charge in [-0.05, 0) is 11.6 Å². The maximum Gasteiger partial charge on any atom is 0.230 e. The molecule has 0 aliphatic heterocycles. The predicted octanol–water partition coefficient (Wildman–Crippen LogP) is 4.69. The number of nitrogens with one attached hydrogen (secondary N) is 1. The minimum absolute atomic E-state index is 0.0640. The van der Waals surface area contributed by atoms with Gasteiger partial charge in [-0.3, -0.25) is 9.59 Å². The Kier molecular flexibility index (Phi) is 4.79. The fraction of sp³-hybridized carbons (Fsp3) is 0.136. The number of para-hydroxylation sites is 1. The monoisotopic (exact) mass is 389 g/mol. The Morgan fingerprint density at radius 2 is 1.79 bits per heavy atom. The molecule has 1 amide bonds. The number of carbonyl (C=O) groups is 2. The van der Waals surface area contributed by atoms with Crippen LogP contribution in [0.25, 0.3) is 22.2 Å². The molecular weight excluding hydrogens is 370 g/mol. The number of thiazole rings is 1. The number of fused-ring (bicyclic) bond motifs is 1. The van der Waals surface area contributed by atoms with E-state index >= 15 is 0 Å². The molecule has 0 atom stereocenters. The largest absolute Gasteiger partial charge is 0.350 e. The van der Waals surface area contributed by atoms with Gasteiger partial charge in [0.05, 0.1) is 17.0 Å². The molecule has 140 valence electrons. The predicted molar refractivity (Wildman–Crippen MR) is 113 cm³/mol. The van der Waals surface area contributed by atoms with Crippen molar-refractivity contribution >= 4 is 39.1 Å². The van der Waals surface area contributed by atoms with Crippen LogP contribution in [-0.2, 0) is 18.3 Å². The van der Waals surface area contributed by atoms with Gasteiger partial charge in [0, 0.05) is 36.6 Å². The van der Waals surface area contributed by atoms with Crippen LogP contribution in [-0.4, -0.2) is 21.2 Å². The third kappa shape index (κ3) is 3.46. The van der Waals surface area contributed by atoms with Crippen molar-refractivity contribution in [1.29, 1.82) is 0 Å². The van der Waals surface area contributed by atoms with Crippen LogP contribution in [0.15, 0.2) is 60.8 Å². The second kappa shape index (κ2) is 7.40. The van der Waals surface area contributed by atoms with Gasteiger partial charge < -0.3 is 9.88 Å². The van der Waals surface area contributed by atoms with Crippen LogP contribution in [0.2, 0.25) is 0 Å². The Bertz CT molecular complexity index is 1180. The molecule has 0 spiro atoms. The molecule has 2 aromatic carbocycles. The molecule has 0 saturated carbocycles. The summed E-state index contributed by atoms with van der Waals surface area (Å²) in [5.74, 6) is -0.217. The smallest absolute Gasteiger partial charge is 0.230 e. The Hall–Kier alpha value is -3.25. The molecule has 4 aromatic rings. The van der Waals surface area contributed by atoms with Gasteiger partial charge in [-0.2, -0.15) is 0 Å². The summed E-state index contributed by atoms with van der Waals surface area (Å²) in [5, 5.41) is 4.36. The van der Waals surface area contributed by atoms with Crippen LogP contribution in [0.5, 0.6) is 0 Å². The number of carbonyl (C=O) groups excluding carboxylic acids is 2. The summed E-state index contributed by atoms with van der Waals surface area (Å²) in [5.41, 5.74) is 3.52. The van der Waals surface area contributed by atoms with E-state index in [9.17, 15) is 9.59 Å². The lowest BCUT2D eigenvalue weighted by molar-refractivity contribution is -0.115. The highest BCUT2D eigenvalue weighted by Crippen LogP contribution is 2.31. The molecule has 2 heterocycles. The number of amides is 1. The Morgan fingerprint density at radius 1 is 1.07 bits per heavy atom. The van der Waals surface area contributed by atoms with E-state index in [0.29, 0.717) is 15.7 Å². The van der Waals surface area contributed by atoms with Crippen LogP contribution in [0.3, 0.4) is 0 Å². The summed E-state index contributed by atoms with van der Waals surface area (Å²) in [6, 6.07) is 17.5. The maximum atomic E-state index is 12.6. The van der Waals surface area contributed by atoms with E-state index in [4.69, 9.17) is 0 Å². The molecule has 28 heavy (non-hydrogen) atoms. The highest BCUT2D eigenvalue weighted by Gasteiger charge is 2.18. The molecule has 0 bridgehead atoms. The zero-order valence-electron chi connectivity index (χ0n) is 15.6. The highest BCUT2D eigenvalue weighted by molar-refractivity contribution is 7.18. The fourth-order valence-electron chi connectivity index (χ4n) is 3.31. The number of hydrogen-bond donors (Lipinski definition) is 1. The first-order chi connectivity index (χ1) is 13.5. The summed E-state index contributed by atoms with van der Waals surface area (Å²) in [4.78, 5) is 29.7. The summed E-state index contributed by atoms with van der Waals surface area (Å²) < 4.78 is 2.02. The van der Waals surface area contributed by atoms with Crippen molar-refractivity contribution in [2.24, 2.45) is 7.05 Å². The van der Waals surface area contributed by atoms with Gasteiger partial charge in [-0.15, -0.1) is 0 Å². The lowest BCUT2D eigenvalue weighted by atomic mass is 10.1. The quantitative estimate of drug-likeness (QED) is 0.504. The molecule has 0 saturated heterocycles. The number of aromatic nitrogens is 2. The number of nitrogens with zero attached hydrogens (tertiary/aromatic N) is 2. The average Bonchev–Trinajstić information content (AvgIpc) is 3.25. The summed E-state index contributed by atoms with van der Waals surface area (Å²) in [6.45, 7) is 1.52. The summed E-state index contributed by atoms with van der Waals surface area (Å²) in [6.07, 6.45) is 2.22. The minimum atomic E-state index is -0.153. The van der Waals surface area contributed by atoms with Crippen molar-refractivity contribution in [3.63, 3.8) is 0 Å². The summed E-state index contributed by atoms with van der Waals surface area (Å²) >= 11 is 1.21. The van der Waals surface area contributed by atoms with E-state index in [-0.39, 0.29) is 18.1 Å². The lowest BCUT2D eigenvalue weighted by Crippen LogP contribution is -2.14. The van der Waals surface area contributed by atoms with Crippen molar-refractivity contribution < 1.29 is 9.59 Å². The summed E-state index contributed by atoms with van der Waals surface area (Å²) in [7, 11) is 1.97. The van der Waals surface area contributed by atoms with Crippen LogP contribution >= 0.6 is 11.3 Å². The first kappa shape index (κ1) is 18.1. The van der Waals surface area contributed by atoms with Gasteiger partial charge in [0.2, 0.25) is 5.91 Å². The van der Waals surface area contributed by atoms with Crippen LogP contribution in [0.1, 0.15) is 22.2 Å². The topological polar surface area (TPSA) is 64.0 Å². The zero-order chi connectivity index (χ0) is 19.7. The molecule has 1 N–H and O–H groups in total. The van der Waals surface area contributed by atoms with E-state index in [0.717, 1.165) is 22.0 Å². The van der Waals surface area contributed by atoms with Gasteiger partial charge >= 0.3 is 0 Å². The van der Waals surface area contributed by atoms with Crippen molar-refractivity contribution in [3.8, 4) is 11.3 Å². The van der Waals surface area contributed by atoms with Crippen LogP contribution in [0.4, 0.5) is 5.13 Å². The van der Waals surface area contributed by atoms with Crippen molar-refractivity contribution in [3.05, 3.63) is 71.2 Å². The van der Waals surface area contributed by atoms with E-state index in [1.165, 1.54) is 18.3 Å². The lowest BCUT2D eigenvalue weighted by Gasteiger charge is -2.01. The first-order valence-electron chi connectivity index (χ1n) is 8.93. The first-order valence-corrected chi connectivity index (χ1v) is 9.74. The fourth-order valence-corrected chi connectivity index (χ4v) is 4.21. The number of Topliss-reactive ketones (excluding diaryl/α,β-unsaturated/α-hetero) is 1. The highest BCUT2D eigenvalue weighted by atomic mass is 32.1. The molecule has 0 radical (unpaired) electrons. The number of rotatable bonds is 5. The Morgan fingerprint density at radius 3 is 2.54 bits per heavy atom. The average molecular weight is 389 g/mol. The van der Waals surface area contributed by atoms with Crippen molar-refractivity contribution in [1.82, 2.24) is 9.55 Å². The second-order valence-electron chi connectivity index (χ2n) is 6.63. The van der Waals surface area contributed by atoms with Gasteiger partial charge in [-0.25, -0.2) is 4.98 Å². The SMILES string of the molecule is CC(=O)c1sc(NC(=O)Cc2cn(C)c3ccccc23)nc1-c1ccccc1. The standard InChI is InChI=1S/C22H19N3O2S/c1-14(26)21-20(15-8-4-3-5-9-15)24-22(28-21)23-19(27)12-16-13-25(2)18-11-7-6-10-17(16)18/h3-11,13H,12H2,1-2H3,(H,23,24,27). The van der Waals surface area contributed by atoms with Gasteiger partial charge in [0.25, 0.3) is 0 Å². The molecular formula is C22H19N3O2S. The number of anilines is 1. The number of benzene rings is 2. The number of ketones is 1. The minimum Gasteiger partial charge on any atom is -0.350 e. The van der Waals surface area contributed by atoms with Crippen LogP contribution < -0.4 is 5.32 Å². The maximum absolute atomic E-state index is 12.6. The van der Waals surface area contributed by atoms with Crippen LogP contribution in [0, 0.1) is 0 Å². The molecule has 5 nitrogen and oxygen atoms in total. The molecule has 6 heteroatoms. The number of hydrogen-bond acceptors (Lipinski definition) is 4. The van der Waals surface area contributed by atoms with E-state index in [2.05, 4.69) is 10.3 Å². The normalized spacial score (nSPS) is 10.9. The molecule has 0 aliphatic rings. The van der Waals surface area contributed by atoms with Gasteiger partial charge in [0.15, 0.2) is 10.9 Å². The van der Waals surface area contributed by atoms with E-state index in [1.807, 2.05) is 72.4 Å². The molecule has 0 unspecified atom stereocenters. The number of aryl methyl sites for hydroxylation is 1. The second-order valence-corrected chi connectivity index (χ2v) is 7.63. The third-order valence-corrected chi connectivity index (χ3v) is 5.64. The Balaban J connectivity index is 1.59. The molecule has 0 fully saturated rings. The third-order valence-electron chi connectivity index (χ3n) is 4.57. The van der Waals surface area contributed by atoms with Gasteiger partial charge in [-0.1, -0.05) is 59.9 Å². The van der Waals surface area contributed by atoms with Crippen molar-refractivity contribution in [2.45, 2.75) is 13.3 Å². The Labute approximate surface area is 166 Å². The van der Waals surface area contributed by atoms with Crippen molar-refractivity contribution in [2.75, 3.05) is 5.32 Å². The molecule has 0 aliphatic carbocycles. The van der Waals surface area contributed by atoms with E-state index < -0.39 is 0 Å².